The normalized spacial score (nSPS) is 20.6. The first-order chi connectivity index (χ1) is 11.4. The van der Waals surface area contributed by atoms with Crippen molar-refractivity contribution in [2.24, 2.45) is 5.41 Å². The number of hydrogen-bond acceptors (Lipinski definition) is 3. The van der Waals surface area contributed by atoms with Crippen LogP contribution >= 0.6 is 11.3 Å². The second-order valence-corrected chi connectivity index (χ2v) is 9.13. The molecule has 0 amide bonds. The Hall–Kier alpha value is -1.13. The minimum atomic E-state index is -0.735. The average Bonchev–Trinajstić information content (AvgIpc) is 2.70. The van der Waals surface area contributed by atoms with Gasteiger partial charge in [-0.1, -0.05) is 25.8 Å². The Balaban J connectivity index is 2.13. The first-order valence-corrected chi connectivity index (χ1v) is 9.98. The number of aryl methyl sites for hydroxylation is 1. The Morgan fingerprint density at radius 1 is 1.21 bits per heavy atom. The predicted octanol–water partition coefficient (Wildman–Crippen LogP) is 4.90. The number of carboxylic acid groups (broad SMARTS) is 1. The molecular weight excluding hydrogens is 318 g/mol. The van der Waals surface area contributed by atoms with Gasteiger partial charge in [-0.25, -0.2) is 4.79 Å². The van der Waals surface area contributed by atoms with Gasteiger partial charge in [0.1, 0.15) is 0 Å². The van der Waals surface area contributed by atoms with E-state index in [9.17, 15) is 9.90 Å². The molecule has 4 heteroatoms. The molecule has 0 unspecified atom stereocenters. The summed E-state index contributed by atoms with van der Waals surface area (Å²) in [5, 5.41) is 13.3. The summed E-state index contributed by atoms with van der Waals surface area (Å²) in [7, 11) is 1.98. The highest BCUT2D eigenvalue weighted by Crippen LogP contribution is 2.45. The molecule has 24 heavy (non-hydrogen) atoms. The van der Waals surface area contributed by atoms with Gasteiger partial charge < -0.3 is 10.4 Å². The van der Waals surface area contributed by atoms with Crippen molar-refractivity contribution < 1.29 is 9.90 Å². The zero-order chi connectivity index (χ0) is 17.3. The Morgan fingerprint density at radius 3 is 2.67 bits per heavy atom. The van der Waals surface area contributed by atoms with Crippen LogP contribution in [0, 0.1) is 5.41 Å². The molecule has 2 N–H and O–H groups in total. The summed E-state index contributed by atoms with van der Waals surface area (Å²) in [6, 6.07) is 0. The van der Waals surface area contributed by atoms with Crippen molar-refractivity contribution >= 4 is 22.9 Å². The summed E-state index contributed by atoms with van der Waals surface area (Å²) in [4.78, 5) is 14.5. The van der Waals surface area contributed by atoms with E-state index in [1.807, 2.05) is 7.05 Å². The second-order valence-electron chi connectivity index (χ2n) is 8.03. The number of carboxylic acids is 1. The molecule has 2 aliphatic carbocycles. The summed E-state index contributed by atoms with van der Waals surface area (Å²) in [6.07, 6.45) is 8.86. The maximum atomic E-state index is 12.1. The predicted molar refractivity (Wildman–Crippen MR) is 101 cm³/mol. The molecule has 0 spiro atoms. The Morgan fingerprint density at radius 2 is 1.96 bits per heavy atom. The first-order valence-electron chi connectivity index (χ1n) is 9.16. The smallest absolute Gasteiger partial charge is 0.337 e. The summed E-state index contributed by atoms with van der Waals surface area (Å²) >= 11 is 1.77. The maximum absolute atomic E-state index is 12.1. The van der Waals surface area contributed by atoms with Gasteiger partial charge in [0.05, 0.1) is 5.56 Å². The van der Waals surface area contributed by atoms with Gasteiger partial charge in [-0.05, 0) is 68.5 Å². The molecule has 0 aliphatic heterocycles. The largest absolute Gasteiger partial charge is 0.478 e. The summed E-state index contributed by atoms with van der Waals surface area (Å²) in [5.41, 5.74) is 4.71. The van der Waals surface area contributed by atoms with E-state index in [0.717, 1.165) is 49.1 Å². The lowest BCUT2D eigenvalue weighted by atomic mass is 9.75. The number of rotatable bonds is 4. The Kier molecular flexibility index (Phi) is 5.16. The van der Waals surface area contributed by atoms with E-state index in [1.54, 1.807) is 11.3 Å². The van der Waals surface area contributed by atoms with E-state index in [4.69, 9.17) is 0 Å². The molecule has 1 aromatic rings. The summed E-state index contributed by atoms with van der Waals surface area (Å²) < 4.78 is 0. The van der Waals surface area contributed by atoms with Crippen LogP contribution in [0.15, 0.2) is 5.57 Å². The number of carbonyl (C=O) groups is 1. The monoisotopic (exact) mass is 347 g/mol. The highest BCUT2D eigenvalue weighted by atomic mass is 32.1. The van der Waals surface area contributed by atoms with Gasteiger partial charge in [0.25, 0.3) is 0 Å². The van der Waals surface area contributed by atoms with Gasteiger partial charge in [0.2, 0.25) is 0 Å². The fourth-order valence-corrected chi connectivity index (χ4v) is 5.62. The van der Waals surface area contributed by atoms with Crippen LogP contribution in [-0.2, 0) is 12.8 Å². The molecule has 0 bridgehead atoms. The van der Waals surface area contributed by atoms with Crippen molar-refractivity contribution in [2.45, 2.75) is 65.2 Å². The molecule has 0 atom stereocenters. The van der Waals surface area contributed by atoms with Gasteiger partial charge in [0, 0.05) is 16.3 Å². The molecule has 3 rings (SSSR count). The lowest BCUT2D eigenvalue weighted by molar-refractivity contribution is 0.0695. The van der Waals surface area contributed by atoms with Gasteiger partial charge >= 0.3 is 5.97 Å². The van der Waals surface area contributed by atoms with Crippen LogP contribution in [0.4, 0.5) is 0 Å². The van der Waals surface area contributed by atoms with Gasteiger partial charge in [-0.3, -0.25) is 0 Å². The Bertz CT molecular complexity index is 669. The highest BCUT2D eigenvalue weighted by molar-refractivity contribution is 7.13. The molecule has 0 saturated heterocycles. The van der Waals surface area contributed by atoms with E-state index in [1.165, 1.54) is 35.3 Å². The topological polar surface area (TPSA) is 49.3 Å². The fraction of sp³-hybridized carbons (Fsp3) is 0.650. The van der Waals surface area contributed by atoms with Crippen molar-refractivity contribution in [1.82, 2.24) is 5.32 Å². The molecule has 2 aliphatic rings. The van der Waals surface area contributed by atoms with Crippen LogP contribution in [-0.4, -0.2) is 24.7 Å². The van der Waals surface area contributed by atoms with Crippen LogP contribution in [0.25, 0.3) is 5.57 Å². The van der Waals surface area contributed by atoms with E-state index in [0.29, 0.717) is 5.56 Å². The molecule has 1 heterocycles. The molecule has 0 aromatic carbocycles. The number of thiophene rings is 1. The molecule has 3 nitrogen and oxygen atoms in total. The van der Waals surface area contributed by atoms with E-state index in [-0.39, 0.29) is 5.41 Å². The third kappa shape index (κ3) is 3.45. The molecule has 1 aromatic heterocycles. The summed E-state index contributed by atoms with van der Waals surface area (Å²) in [6.45, 7) is 5.40. The minimum absolute atomic E-state index is 0.210. The van der Waals surface area contributed by atoms with Crippen molar-refractivity contribution in [3.63, 3.8) is 0 Å². The lowest BCUT2D eigenvalue weighted by Crippen LogP contribution is -2.22. The third-order valence-corrected chi connectivity index (χ3v) is 6.84. The van der Waals surface area contributed by atoms with Crippen LogP contribution in [0.5, 0.6) is 0 Å². The summed E-state index contributed by atoms with van der Waals surface area (Å²) in [5.74, 6) is -0.735. The zero-order valence-corrected chi connectivity index (χ0v) is 15.9. The maximum Gasteiger partial charge on any atom is 0.337 e. The van der Waals surface area contributed by atoms with Crippen LogP contribution in [0.1, 0.15) is 78.0 Å². The van der Waals surface area contributed by atoms with Crippen molar-refractivity contribution in [2.75, 3.05) is 13.6 Å². The third-order valence-electron chi connectivity index (χ3n) is 5.49. The fourth-order valence-electron chi connectivity index (χ4n) is 4.19. The molecule has 0 fully saturated rings. The minimum Gasteiger partial charge on any atom is -0.478 e. The van der Waals surface area contributed by atoms with Crippen molar-refractivity contribution in [1.29, 1.82) is 0 Å². The number of hydrogen-bond donors (Lipinski definition) is 2. The van der Waals surface area contributed by atoms with Gasteiger partial charge in [0.15, 0.2) is 0 Å². The SMILES string of the molecule is CNCC1=C(c2sc3c(c2C(=O)O)CC(C)(C)CC3)CCCCC1. The van der Waals surface area contributed by atoms with Crippen LogP contribution in [0.3, 0.4) is 0 Å². The second kappa shape index (κ2) is 7.01. The average molecular weight is 348 g/mol. The van der Waals surface area contributed by atoms with Crippen molar-refractivity contribution in [3.05, 3.63) is 26.5 Å². The van der Waals surface area contributed by atoms with E-state index in [2.05, 4.69) is 19.2 Å². The highest BCUT2D eigenvalue weighted by Gasteiger charge is 2.33. The van der Waals surface area contributed by atoms with Crippen LogP contribution < -0.4 is 5.32 Å². The van der Waals surface area contributed by atoms with Crippen LogP contribution in [0.2, 0.25) is 0 Å². The lowest BCUT2D eigenvalue weighted by Gasteiger charge is -2.29. The number of nitrogens with one attached hydrogen (secondary N) is 1. The number of fused-ring (bicyclic) bond motifs is 1. The number of aromatic carboxylic acids is 1. The standard InChI is InChI=1S/C20H29NO2S/c1-20(2)10-9-16-15(11-20)17(19(22)23)18(24-16)14-8-6-4-5-7-13(14)12-21-3/h21H,4-12H2,1-3H3,(H,22,23). The molecular formula is C20H29NO2S. The van der Waals surface area contributed by atoms with Crippen molar-refractivity contribution in [3.8, 4) is 0 Å². The van der Waals surface area contributed by atoms with Gasteiger partial charge in [-0.15, -0.1) is 11.3 Å². The molecule has 0 saturated carbocycles. The number of likely N-dealkylation sites (N-methyl/N-ethyl adjacent to an activating group) is 1. The molecule has 0 radical (unpaired) electrons. The van der Waals surface area contributed by atoms with E-state index < -0.39 is 5.97 Å². The van der Waals surface area contributed by atoms with Gasteiger partial charge in [-0.2, -0.15) is 0 Å². The number of allylic oxidation sites excluding steroid dienone is 1. The first kappa shape index (κ1) is 17.7. The molecule has 132 valence electrons. The Labute approximate surface area is 149 Å². The van der Waals surface area contributed by atoms with E-state index >= 15 is 0 Å². The quantitative estimate of drug-likeness (QED) is 0.814. The zero-order valence-electron chi connectivity index (χ0n) is 15.1.